The number of rotatable bonds is 4. The maximum absolute atomic E-state index is 4.77. The minimum absolute atomic E-state index is 0.603. The summed E-state index contributed by atoms with van der Waals surface area (Å²) in [5.41, 5.74) is 3.20. The molecule has 4 nitrogen and oxygen atoms in total. The molecule has 0 unspecified atom stereocenters. The first kappa shape index (κ1) is 13.7. The van der Waals surface area contributed by atoms with E-state index in [4.69, 9.17) is 4.98 Å². The molecule has 3 rings (SSSR count). The summed E-state index contributed by atoms with van der Waals surface area (Å²) >= 11 is 2.35. The van der Waals surface area contributed by atoms with Gasteiger partial charge in [0.05, 0.1) is 9.26 Å². The van der Waals surface area contributed by atoms with E-state index < -0.39 is 0 Å². The third-order valence-electron chi connectivity index (χ3n) is 3.33. The van der Waals surface area contributed by atoms with Crippen molar-refractivity contribution in [2.75, 3.05) is 11.9 Å². The Morgan fingerprint density at radius 3 is 2.80 bits per heavy atom. The zero-order valence-electron chi connectivity index (χ0n) is 11.7. The number of hydrogen-bond donors (Lipinski definition) is 1. The summed E-state index contributed by atoms with van der Waals surface area (Å²) in [5.74, 6) is 2.26. The van der Waals surface area contributed by atoms with Gasteiger partial charge in [-0.15, -0.1) is 0 Å². The van der Waals surface area contributed by atoms with Gasteiger partial charge in [0.2, 0.25) is 0 Å². The Balaban J connectivity index is 2.10. The molecule has 1 N–H and O–H groups in total. The van der Waals surface area contributed by atoms with E-state index in [0.29, 0.717) is 5.92 Å². The monoisotopic (exact) mass is 380 g/mol. The standard InChI is InChI=1S/C15H17IN4/c1-3-17-15-12(16)13(10-4-5-10)19-14(20-15)11-8-9(2)6-7-18-11/h6-8,10H,3-5H2,1-2H3,(H,17,19,20). The van der Waals surface area contributed by atoms with Gasteiger partial charge in [0, 0.05) is 18.7 Å². The van der Waals surface area contributed by atoms with Crippen molar-refractivity contribution in [1.82, 2.24) is 15.0 Å². The molecule has 0 atom stereocenters. The van der Waals surface area contributed by atoms with E-state index >= 15 is 0 Å². The van der Waals surface area contributed by atoms with E-state index in [9.17, 15) is 0 Å². The molecule has 2 aromatic rings. The average Bonchev–Trinajstić information content (AvgIpc) is 3.26. The first-order valence-electron chi connectivity index (χ1n) is 6.93. The predicted molar refractivity (Wildman–Crippen MR) is 88.9 cm³/mol. The van der Waals surface area contributed by atoms with Crippen molar-refractivity contribution in [3.63, 3.8) is 0 Å². The Bertz CT molecular complexity index is 638. The third-order valence-corrected chi connectivity index (χ3v) is 4.39. The molecule has 0 spiro atoms. The van der Waals surface area contributed by atoms with Crippen LogP contribution < -0.4 is 5.32 Å². The van der Waals surface area contributed by atoms with Crippen molar-refractivity contribution < 1.29 is 0 Å². The number of hydrogen-bond acceptors (Lipinski definition) is 4. The van der Waals surface area contributed by atoms with Crippen molar-refractivity contribution in [3.8, 4) is 11.5 Å². The molecule has 104 valence electrons. The molecular weight excluding hydrogens is 363 g/mol. The van der Waals surface area contributed by atoms with Gasteiger partial charge in [-0.1, -0.05) is 0 Å². The molecule has 0 saturated heterocycles. The van der Waals surface area contributed by atoms with Crippen molar-refractivity contribution >= 4 is 28.4 Å². The molecule has 2 heterocycles. The smallest absolute Gasteiger partial charge is 0.180 e. The Labute approximate surface area is 132 Å². The van der Waals surface area contributed by atoms with E-state index in [0.717, 1.165) is 27.5 Å². The van der Waals surface area contributed by atoms with E-state index in [-0.39, 0.29) is 0 Å². The van der Waals surface area contributed by atoms with Crippen LogP contribution in [0.25, 0.3) is 11.5 Å². The van der Waals surface area contributed by atoms with Gasteiger partial charge in [-0.25, -0.2) is 9.97 Å². The first-order chi connectivity index (χ1) is 9.69. The summed E-state index contributed by atoms with van der Waals surface area (Å²) in [6, 6.07) is 4.03. The second-order valence-corrected chi connectivity index (χ2v) is 6.20. The number of nitrogens with one attached hydrogen (secondary N) is 1. The van der Waals surface area contributed by atoms with Crippen LogP contribution >= 0.6 is 22.6 Å². The second-order valence-electron chi connectivity index (χ2n) is 5.12. The molecule has 0 bridgehead atoms. The minimum atomic E-state index is 0.603. The Morgan fingerprint density at radius 2 is 2.15 bits per heavy atom. The lowest BCUT2D eigenvalue weighted by Gasteiger charge is -2.11. The highest BCUT2D eigenvalue weighted by molar-refractivity contribution is 14.1. The van der Waals surface area contributed by atoms with Crippen LogP contribution in [0.2, 0.25) is 0 Å². The van der Waals surface area contributed by atoms with Crippen molar-refractivity contribution in [2.45, 2.75) is 32.6 Å². The molecule has 1 aliphatic rings. The molecule has 20 heavy (non-hydrogen) atoms. The zero-order valence-corrected chi connectivity index (χ0v) is 13.8. The lowest BCUT2D eigenvalue weighted by Crippen LogP contribution is -2.08. The zero-order chi connectivity index (χ0) is 14.1. The van der Waals surface area contributed by atoms with Gasteiger partial charge in [-0.2, -0.15) is 0 Å². The molecule has 1 aliphatic carbocycles. The van der Waals surface area contributed by atoms with Gasteiger partial charge in [0.15, 0.2) is 5.82 Å². The van der Waals surface area contributed by atoms with Crippen molar-refractivity contribution in [2.24, 2.45) is 0 Å². The molecule has 0 aromatic carbocycles. The summed E-state index contributed by atoms with van der Waals surface area (Å²) in [4.78, 5) is 13.8. The van der Waals surface area contributed by atoms with E-state index in [2.05, 4.69) is 51.7 Å². The maximum Gasteiger partial charge on any atom is 0.180 e. The maximum atomic E-state index is 4.77. The number of anilines is 1. The van der Waals surface area contributed by atoms with Crippen LogP contribution in [0.15, 0.2) is 18.3 Å². The van der Waals surface area contributed by atoms with Gasteiger partial charge < -0.3 is 5.32 Å². The number of halogens is 1. The Kier molecular flexibility index (Phi) is 3.87. The van der Waals surface area contributed by atoms with Crippen LogP contribution in [-0.2, 0) is 0 Å². The fraction of sp³-hybridized carbons (Fsp3) is 0.400. The van der Waals surface area contributed by atoms with Crippen LogP contribution in [0.1, 0.15) is 36.9 Å². The van der Waals surface area contributed by atoms with Crippen LogP contribution in [0.5, 0.6) is 0 Å². The quantitative estimate of drug-likeness (QED) is 0.821. The third kappa shape index (κ3) is 2.77. The summed E-state index contributed by atoms with van der Waals surface area (Å²) in [7, 11) is 0. The van der Waals surface area contributed by atoms with Gasteiger partial charge in [0.25, 0.3) is 0 Å². The number of aryl methyl sites for hydroxylation is 1. The molecule has 1 fully saturated rings. The fourth-order valence-electron chi connectivity index (χ4n) is 2.15. The van der Waals surface area contributed by atoms with Crippen LogP contribution in [-0.4, -0.2) is 21.5 Å². The van der Waals surface area contributed by atoms with E-state index in [1.807, 2.05) is 18.3 Å². The van der Waals surface area contributed by atoms with Gasteiger partial charge in [0.1, 0.15) is 11.5 Å². The average molecular weight is 380 g/mol. The van der Waals surface area contributed by atoms with Crippen molar-refractivity contribution in [3.05, 3.63) is 33.2 Å². The number of pyridine rings is 1. The van der Waals surface area contributed by atoms with E-state index in [1.54, 1.807) is 0 Å². The molecule has 0 amide bonds. The molecular formula is C15H17IN4. The largest absolute Gasteiger partial charge is 0.369 e. The topological polar surface area (TPSA) is 50.7 Å². The second kappa shape index (κ2) is 5.63. The molecule has 1 saturated carbocycles. The first-order valence-corrected chi connectivity index (χ1v) is 8.01. The number of aromatic nitrogens is 3. The molecule has 2 aromatic heterocycles. The highest BCUT2D eigenvalue weighted by atomic mass is 127. The predicted octanol–water partition coefficient (Wildman–Crippen LogP) is 3.76. The highest BCUT2D eigenvalue weighted by Gasteiger charge is 2.29. The van der Waals surface area contributed by atoms with Gasteiger partial charge >= 0.3 is 0 Å². The molecule has 5 heteroatoms. The normalized spacial score (nSPS) is 14.3. The Hall–Kier alpha value is -1.24. The molecule has 0 aliphatic heterocycles. The lowest BCUT2D eigenvalue weighted by atomic mass is 10.2. The van der Waals surface area contributed by atoms with Crippen LogP contribution in [0, 0.1) is 10.5 Å². The van der Waals surface area contributed by atoms with E-state index in [1.165, 1.54) is 24.1 Å². The summed E-state index contributed by atoms with van der Waals surface area (Å²) in [5, 5.41) is 3.34. The Morgan fingerprint density at radius 1 is 1.35 bits per heavy atom. The van der Waals surface area contributed by atoms with Gasteiger partial charge in [-0.3, -0.25) is 4.98 Å². The fourth-order valence-corrected chi connectivity index (χ4v) is 3.02. The SMILES string of the molecule is CCNc1nc(-c2cc(C)ccn2)nc(C2CC2)c1I. The van der Waals surface area contributed by atoms with Crippen molar-refractivity contribution in [1.29, 1.82) is 0 Å². The van der Waals surface area contributed by atoms with Gasteiger partial charge in [-0.05, 0) is 67.0 Å². The lowest BCUT2D eigenvalue weighted by molar-refractivity contribution is 0.966. The summed E-state index contributed by atoms with van der Waals surface area (Å²) < 4.78 is 1.16. The minimum Gasteiger partial charge on any atom is -0.369 e. The highest BCUT2D eigenvalue weighted by Crippen LogP contribution is 2.42. The summed E-state index contributed by atoms with van der Waals surface area (Å²) in [6.07, 6.45) is 4.29. The van der Waals surface area contributed by atoms with Crippen LogP contribution in [0.4, 0.5) is 5.82 Å². The van der Waals surface area contributed by atoms with Crippen LogP contribution in [0.3, 0.4) is 0 Å². The summed E-state index contributed by atoms with van der Waals surface area (Å²) in [6.45, 7) is 5.00. The number of nitrogens with zero attached hydrogens (tertiary/aromatic N) is 3. The molecule has 0 radical (unpaired) electrons.